The number of Topliss-reactive ketones (excluding diaryl/α,β-unsaturated/α-hetero) is 1. The van der Waals surface area contributed by atoms with Gasteiger partial charge in [-0.3, -0.25) is 9.59 Å². The Balaban J connectivity index is 2.40. The second-order valence-corrected chi connectivity index (χ2v) is 4.11. The van der Waals surface area contributed by atoms with Gasteiger partial charge in [0.15, 0.2) is 0 Å². The second kappa shape index (κ2) is 4.48. The number of carbonyl (C=O) groups excluding carboxylic acids is 3. The summed E-state index contributed by atoms with van der Waals surface area (Å²) in [5.41, 5.74) is 1.26. The zero-order chi connectivity index (χ0) is 13.3. The molecule has 1 heterocycles. The number of carbonyl (C=O) groups is 3. The number of nitrogens with zero attached hydrogens (tertiary/aromatic N) is 2. The van der Waals surface area contributed by atoms with E-state index in [1.165, 1.54) is 6.92 Å². The molecule has 0 saturated carbocycles. The molecule has 0 atom stereocenters. The zero-order valence-electron chi connectivity index (χ0n) is 9.98. The predicted molar refractivity (Wildman–Crippen MR) is 62.8 cm³/mol. The van der Waals surface area contributed by atoms with Crippen LogP contribution in [0.15, 0.2) is 22.1 Å². The van der Waals surface area contributed by atoms with Crippen LogP contribution in [0.2, 0.25) is 0 Å². The molecule has 0 bridgehead atoms. The molecule has 0 radical (unpaired) electrons. The molecule has 1 aromatic carbocycles. The highest BCUT2D eigenvalue weighted by Gasteiger charge is 2.13. The Hall–Kier alpha value is -2.37. The maximum absolute atomic E-state index is 11.5. The minimum Gasteiger partial charge on any atom is -0.324 e. The Kier molecular flexibility index (Phi) is 3.01. The van der Waals surface area contributed by atoms with Gasteiger partial charge < -0.3 is 5.32 Å². The number of rotatable bonds is 3. The molecule has 0 unspecified atom stereocenters. The lowest BCUT2D eigenvalue weighted by atomic mass is 10.2. The van der Waals surface area contributed by atoms with Gasteiger partial charge >= 0.3 is 6.03 Å². The van der Waals surface area contributed by atoms with Gasteiger partial charge in [0, 0.05) is 0 Å². The summed E-state index contributed by atoms with van der Waals surface area (Å²) in [6.07, 6.45) is -0.201. The highest BCUT2D eigenvalue weighted by Crippen LogP contribution is 2.04. The maximum atomic E-state index is 11.5. The molecule has 1 aliphatic heterocycles. The molecule has 0 aromatic heterocycles. The van der Waals surface area contributed by atoms with E-state index in [-0.39, 0.29) is 12.2 Å². The summed E-state index contributed by atoms with van der Waals surface area (Å²) in [5.74, 6) is -0.653. The van der Waals surface area contributed by atoms with E-state index >= 15 is 0 Å². The van der Waals surface area contributed by atoms with E-state index in [1.807, 2.05) is 6.92 Å². The first-order chi connectivity index (χ1) is 8.45. The van der Waals surface area contributed by atoms with Gasteiger partial charge in [-0.05, 0) is 31.5 Å². The van der Waals surface area contributed by atoms with Gasteiger partial charge in [-0.15, -0.1) is 0 Å². The fraction of sp³-hybridized carbons (Fsp3) is 0.250. The van der Waals surface area contributed by atoms with Crippen molar-refractivity contribution in [1.82, 2.24) is 0 Å². The maximum Gasteiger partial charge on any atom is 0.368 e. The van der Waals surface area contributed by atoms with Crippen LogP contribution in [0, 0.1) is 6.92 Å². The molecule has 1 N–H and O–H groups in total. The second-order valence-electron chi connectivity index (χ2n) is 4.11. The quantitative estimate of drug-likeness (QED) is 0.776. The van der Waals surface area contributed by atoms with Crippen LogP contribution in [0.25, 0.3) is 0 Å². The summed E-state index contributed by atoms with van der Waals surface area (Å²) in [4.78, 5) is 40.9. The number of benzene rings is 1. The molecule has 1 aliphatic rings. The fourth-order valence-electron chi connectivity index (χ4n) is 1.70. The summed E-state index contributed by atoms with van der Waals surface area (Å²) in [6.45, 7) is 3.16. The smallest absolute Gasteiger partial charge is 0.324 e. The molecule has 6 nitrogen and oxygen atoms in total. The average molecular weight is 245 g/mol. The van der Waals surface area contributed by atoms with Gasteiger partial charge in [-0.1, -0.05) is 0 Å². The number of urea groups is 1. The minimum absolute atomic E-state index is 0.201. The zero-order valence-corrected chi connectivity index (χ0v) is 9.98. The van der Waals surface area contributed by atoms with Gasteiger partial charge in [0.05, 0.1) is 17.5 Å². The Morgan fingerprint density at radius 2 is 2.00 bits per heavy atom. The number of aryl methyl sites for hydroxylation is 1. The van der Waals surface area contributed by atoms with Crippen molar-refractivity contribution in [3.05, 3.63) is 28.4 Å². The topological polar surface area (TPSA) is 88.0 Å². The lowest BCUT2D eigenvalue weighted by Gasteiger charge is -2.04. The third kappa shape index (κ3) is 2.48. The van der Waals surface area contributed by atoms with Crippen LogP contribution in [-0.4, -0.2) is 17.7 Å². The summed E-state index contributed by atoms with van der Waals surface area (Å²) >= 11 is 0. The van der Waals surface area contributed by atoms with Crippen molar-refractivity contribution in [3.8, 4) is 0 Å². The molecule has 0 saturated heterocycles. The van der Waals surface area contributed by atoms with Crippen molar-refractivity contribution in [1.29, 1.82) is 0 Å². The first-order valence-corrected chi connectivity index (χ1v) is 5.37. The number of hydrogen-bond acceptors (Lipinski definition) is 3. The van der Waals surface area contributed by atoms with Crippen molar-refractivity contribution in [2.45, 2.75) is 20.3 Å². The molecule has 3 amide bonds. The van der Waals surface area contributed by atoms with Crippen molar-refractivity contribution in [3.63, 3.8) is 0 Å². The number of anilines is 1. The monoisotopic (exact) mass is 245 g/mol. The lowest BCUT2D eigenvalue weighted by molar-refractivity contribution is -0.124. The van der Waals surface area contributed by atoms with Crippen LogP contribution >= 0.6 is 0 Å². The van der Waals surface area contributed by atoms with Gasteiger partial charge in [-0.2, -0.15) is 9.98 Å². The molecule has 0 aliphatic carbocycles. The molecular weight excluding hydrogens is 234 g/mol. The Morgan fingerprint density at radius 3 is 2.67 bits per heavy atom. The number of ketones is 1. The largest absolute Gasteiger partial charge is 0.368 e. The molecule has 0 fully saturated rings. The molecule has 2 rings (SSSR count). The van der Waals surface area contributed by atoms with E-state index in [2.05, 4.69) is 15.3 Å². The van der Waals surface area contributed by atoms with Crippen LogP contribution in [-0.2, 0) is 9.59 Å². The summed E-state index contributed by atoms with van der Waals surface area (Å²) in [7, 11) is 0. The van der Waals surface area contributed by atoms with Crippen molar-refractivity contribution >= 4 is 23.4 Å². The van der Waals surface area contributed by atoms with Crippen molar-refractivity contribution in [2.75, 3.05) is 5.32 Å². The first kappa shape index (κ1) is 12.1. The molecule has 92 valence electrons. The molecule has 18 heavy (non-hydrogen) atoms. The molecule has 0 spiro atoms. The molecular formula is C12H11N3O3. The van der Waals surface area contributed by atoms with Crippen LogP contribution in [0.4, 0.5) is 10.5 Å². The normalized spacial score (nSPS) is 12.4. The standard InChI is InChI=1S/C12H11N3O3/c1-6-3-8(13-10(17)5-7(2)16)11-9(4-6)14-12(18)15-11/h3-4H,5H2,1-2H3,(H,13,17). The number of hydrogen-bond donors (Lipinski definition) is 1. The fourth-order valence-corrected chi connectivity index (χ4v) is 1.70. The minimum atomic E-state index is -0.585. The SMILES string of the molecule is CC(=O)CC(=O)Nc1cc(C)cc2c1=NC(=O)N=2. The van der Waals surface area contributed by atoms with Gasteiger partial charge in [0.2, 0.25) is 5.91 Å². The molecule has 1 aromatic rings. The predicted octanol–water partition coefficient (Wildman–Crippen LogP) is 0.285. The highest BCUT2D eigenvalue weighted by molar-refractivity contribution is 6.03. The summed E-state index contributed by atoms with van der Waals surface area (Å²) in [6, 6.07) is 2.82. The Morgan fingerprint density at radius 1 is 1.28 bits per heavy atom. The van der Waals surface area contributed by atoms with Crippen molar-refractivity contribution < 1.29 is 14.4 Å². The van der Waals surface area contributed by atoms with Crippen LogP contribution in [0.3, 0.4) is 0 Å². The molecule has 6 heteroatoms. The number of fused-ring (bicyclic) bond motifs is 1. The number of amides is 3. The van der Waals surface area contributed by atoms with E-state index in [0.29, 0.717) is 16.4 Å². The van der Waals surface area contributed by atoms with Crippen molar-refractivity contribution in [2.24, 2.45) is 9.98 Å². The summed E-state index contributed by atoms with van der Waals surface area (Å²) in [5, 5.41) is 3.36. The third-order valence-electron chi connectivity index (χ3n) is 2.34. The Bertz CT molecular complexity index is 677. The van der Waals surface area contributed by atoms with E-state index in [4.69, 9.17) is 0 Å². The summed E-state index contributed by atoms with van der Waals surface area (Å²) < 4.78 is 0. The first-order valence-electron chi connectivity index (χ1n) is 5.37. The van der Waals surface area contributed by atoms with E-state index < -0.39 is 11.9 Å². The lowest BCUT2D eigenvalue weighted by Crippen LogP contribution is -2.28. The van der Waals surface area contributed by atoms with Crippen LogP contribution in [0.1, 0.15) is 18.9 Å². The van der Waals surface area contributed by atoms with E-state index in [0.717, 1.165) is 5.56 Å². The third-order valence-corrected chi connectivity index (χ3v) is 2.34. The van der Waals surface area contributed by atoms with Gasteiger partial charge in [-0.25, -0.2) is 4.79 Å². The van der Waals surface area contributed by atoms with Gasteiger partial charge in [0.1, 0.15) is 11.1 Å². The highest BCUT2D eigenvalue weighted by atomic mass is 16.2. The Labute approximate surface area is 102 Å². The van der Waals surface area contributed by atoms with Crippen LogP contribution in [0.5, 0.6) is 0 Å². The van der Waals surface area contributed by atoms with E-state index in [1.54, 1.807) is 12.1 Å². The average Bonchev–Trinajstić information content (AvgIpc) is 2.56. The van der Waals surface area contributed by atoms with Gasteiger partial charge in [0.25, 0.3) is 0 Å². The number of nitrogens with one attached hydrogen (secondary N) is 1. The van der Waals surface area contributed by atoms with E-state index in [9.17, 15) is 14.4 Å². The van der Waals surface area contributed by atoms with Crippen LogP contribution < -0.4 is 16.0 Å².